The Kier molecular flexibility index (Phi) is 4.86. The van der Waals surface area contributed by atoms with Crippen LogP contribution >= 0.6 is 11.8 Å². The standard InChI is InChI=1S/C15H24N2OS/c1-4-8-18-15-10-13(5-6-14(15)16)17-7-9-19-12(3)11(17)2/h5-6,10-12H,4,7-9,16H2,1-3H3. The maximum Gasteiger partial charge on any atom is 0.144 e. The molecule has 4 heteroatoms. The molecule has 1 saturated heterocycles. The number of rotatable bonds is 4. The lowest BCUT2D eigenvalue weighted by molar-refractivity contribution is 0.319. The normalized spacial score (nSPS) is 23.4. The third-order valence-corrected chi connectivity index (χ3v) is 5.01. The molecule has 3 nitrogen and oxygen atoms in total. The maximum absolute atomic E-state index is 5.97. The van der Waals surface area contributed by atoms with Crippen molar-refractivity contribution in [1.82, 2.24) is 0 Å². The van der Waals surface area contributed by atoms with Crippen molar-refractivity contribution < 1.29 is 4.74 Å². The highest BCUT2D eigenvalue weighted by Gasteiger charge is 2.25. The van der Waals surface area contributed by atoms with Gasteiger partial charge in [0.25, 0.3) is 0 Å². The summed E-state index contributed by atoms with van der Waals surface area (Å²) in [6.45, 7) is 8.50. The van der Waals surface area contributed by atoms with Gasteiger partial charge in [-0.1, -0.05) is 13.8 Å². The lowest BCUT2D eigenvalue weighted by Gasteiger charge is -2.39. The first-order valence-corrected chi connectivity index (χ1v) is 8.09. The number of hydrogen-bond donors (Lipinski definition) is 1. The van der Waals surface area contributed by atoms with Gasteiger partial charge in [-0.05, 0) is 25.5 Å². The van der Waals surface area contributed by atoms with E-state index in [1.54, 1.807) is 0 Å². The average molecular weight is 280 g/mol. The van der Waals surface area contributed by atoms with Crippen molar-refractivity contribution in [2.24, 2.45) is 0 Å². The van der Waals surface area contributed by atoms with Gasteiger partial charge in [-0.15, -0.1) is 0 Å². The van der Waals surface area contributed by atoms with E-state index in [0.29, 0.717) is 11.3 Å². The average Bonchev–Trinajstić information content (AvgIpc) is 2.41. The second-order valence-electron chi connectivity index (χ2n) is 5.08. The fraction of sp³-hybridized carbons (Fsp3) is 0.600. The third kappa shape index (κ3) is 3.30. The molecule has 1 aromatic rings. The monoisotopic (exact) mass is 280 g/mol. The number of ether oxygens (including phenoxy) is 1. The largest absolute Gasteiger partial charge is 0.491 e. The molecule has 1 fully saturated rings. The highest BCUT2D eigenvalue weighted by molar-refractivity contribution is 8.00. The molecule has 0 saturated carbocycles. The topological polar surface area (TPSA) is 38.5 Å². The molecule has 0 radical (unpaired) electrons. The Morgan fingerprint density at radius 3 is 2.95 bits per heavy atom. The van der Waals surface area contributed by atoms with Gasteiger partial charge in [-0.25, -0.2) is 0 Å². The number of anilines is 2. The first kappa shape index (κ1) is 14.4. The summed E-state index contributed by atoms with van der Waals surface area (Å²) in [6, 6.07) is 6.69. The Balaban J connectivity index is 2.19. The van der Waals surface area contributed by atoms with Crippen LogP contribution in [-0.4, -0.2) is 30.2 Å². The summed E-state index contributed by atoms with van der Waals surface area (Å²) in [5.41, 5.74) is 7.92. The first-order chi connectivity index (χ1) is 9.13. The molecule has 0 amide bonds. The number of nitrogens with zero attached hydrogens (tertiary/aromatic N) is 1. The summed E-state index contributed by atoms with van der Waals surface area (Å²) in [4.78, 5) is 2.46. The number of nitrogens with two attached hydrogens (primary N) is 1. The third-order valence-electron chi connectivity index (χ3n) is 3.67. The van der Waals surface area contributed by atoms with Crippen LogP contribution in [0.25, 0.3) is 0 Å². The van der Waals surface area contributed by atoms with Crippen molar-refractivity contribution in [2.45, 2.75) is 38.5 Å². The van der Waals surface area contributed by atoms with Gasteiger partial charge in [0.1, 0.15) is 5.75 Å². The van der Waals surface area contributed by atoms with E-state index in [9.17, 15) is 0 Å². The van der Waals surface area contributed by atoms with E-state index in [1.807, 2.05) is 17.8 Å². The molecule has 19 heavy (non-hydrogen) atoms. The Labute approximate surface area is 120 Å². The highest BCUT2D eigenvalue weighted by atomic mass is 32.2. The van der Waals surface area contributed by atoms with Crippen LogP contribution in [0.5, 0.6) is 5.75 Å². The Morgan fingerprint density at radius 1 is 1.42 bits per heavy atom. The number of hydrogen-bond acceptors (Lipinski definition) is 4. The lowest BCUT2D eigenvalue weighted by Crippen LogP contribution is -2.44. The second kappa shape index (κ2) is 6.42. The van der Waals surface area contributed by atoms with E-state index in [2.05, 4.69) is 37.8 Å². The predicted octanol–water partition coefficient (Wildman–Crippen LogP) is 3.39. The fourth-order valence-corrected chi connectivity index (χ4v) is 3.44. The summed E-state index contributed by atoms with van der Waals surface area (Å²) in [5, 5.41) is 0.659. The van der Waals surface area contributed by atoms with Crippen LogP contribution in [0.3, 0.4) is 0 Å². The van der Waals surface area contributed by atoms with Gasteiger partial charge in [0.15, 0.2) is 0 Å². The number of thioether (sulfide) groups is 1. The zero-order valence-electron chi connectivity index (χ0n) is 12.1. The van der Waals surface area contributed by atoms with E-state index < -0.39 is 0 Å². The molecule has 2 unspecified atom stereocenters. The molecule has 0 aliphatic carbocycles. The zero-order chi connectivity index (χ0) is 13.8. The van der Waals surface area contributed by atoms with E-state index in [4.69, 9.17) is 10.5 Å². The smallest absolute Gasteiger partial charge is 0.144 e. The summed E-state index contributed by atoms with van der Waals surface area (Å²) < 4.78 is 5.72. The van der Waals surface area contributed by atoms with Crippen molar-refractivity contribution >= 4 is 23.1 Å². The summed E-state index contributed by atoms with van der Waals surface area (Å²) in [7, 11) is 0. The Morgan fingerprint density at radius 2 is 2.21 bits per heavy atom. The lowest BCUT2D eigenvalue weighted by atomic mass is 10.1. The number of nitrogen functional groups attached to an aromatic ring is 1. The second-order valence-corrected chi connectivity index (χ2v) is 6.57. The first-order valence-electron chi connectivity index (χ1n) is 7.04. The molecule has 1 heterocycles. The van der Waals surface area contributed by atoms with Crippen molar-refractivity contribution in [3.63, 3.8) is 0 Å². The van der Waals surface area contributed by atoms with Gasteiger partial charge < -0.3 is 15.4 Å². The van der Waals surface area contributed by atoms with E-state index >= 15 is 0 Å². The van der Waals surface area contributed by atoms with Crippen LogP contribution in [0.2, 0.25) is 0 Å². The molecule has 1 aliphatic heterocycles. The minimum absolute atomic E-state index is 0.543. The van der Waals surface area contributed by atoms with Crippen LogP contribution in [0.1, 0.15) is 27.2 Å². The SMILES string of the molecule is CCCOc1cc(N2CCSC(C)C2C)ccc1N. The van der Waals surface area contributed by atoms with Gasteiger partial charge in [0.2, 0.25) is 0 Å². The van der Waals surface area contributed by atoms with Crippen molar-refractivity contribution in [3.8, 4) is 5.75 Å². The predicted molar refractivity (Wildman–Crippen MR) is 85.4 cm³/mol. The highest BCUT2D eigenvalue weighted by Crippen LogP contribution is 2.33. The van der Waals surface area contributed by atoms with Gasteiger partial charge in [-0.3, -0.25) is 0 Å². The van der Waals surface area contributed by atoms with Crippen molar-refractivity contribution in [3.05, 3.63) is 18.2 Å². The van der Waals surface area contributed by atoms with Gasteiger partial charge in [-0.2, -0.15) is 11.8 Å². The molecular weight excluding hydrogens is 256 g/mol. The minimum Gasteiger partial charge on any atom is -0.491 e. The molecular formula is C15H24N2OS. The Hall–Kier alpha value is -1.03. The van der Waals surface area contributed by atoms with Crippen LogP contribution in [0.15, 0.2) is 18.2 Å². The minimum atomic E-state index is 0.543. The van der Waals surface area contributed by atoms with Crippen LogP contribution < -0.4 is 15.4 Å². The molecule has 106 valence electrons. The summed E-state index contributed by atoms with van der Waals surface area (Å²) in [5.74, 6) is 2.00. The zero-order valence-corrected chi connectivity index (χ0v) is 12.9. The maximum atomic E-state index is 5.97. The molecule has 1 aromatic carbocycles. The summed E-state index contributed by atoms with van der Waals surface area (Å²) in [6.07, 6.45) is 0.997. The molecule has 0 bridgehead atoms. The van der Waals surface area contributed by atoms with Crippen LogP contribution in [-0.2, 0) is 0 Å². The van der Waals surface area contributed by atoms with E-state index in [0.717, 1.165) is 31.0 Å². The molecule has 0 aromatic heterocycles. The molecule has 0 spiro atoms. The quantitative estimate of drug-likeness (QED) is 0.858. The van der Waals surface area contributed by atoms with Gasteiger partial charge in [0.05, 0.1) is 12.3 Å². The summed E-state index contributed by atoms with van der Waals surface area (Å²) >= 11 is 2.05. The van der Waals surface area contributed by atoms with E-state index in [1.165, 1.54) is 11.4 Å². The van der Waals surface area contributed by atoms with Gasteiger partial charge >= 0.3 is 0 Å². The fourth-order valence-electron chi connectivity index (χ4n) is 2.34. The van der Waals surface area contributed by atoms with Crippen molar-refractivity contribution in [1.29, 1.82) is 0 Å². The van der Waals surface area contributed by atoms with Crippen molar-refractivity contribution in [2.75, 3.05) is 29.5 Å². The molecule has 2 N–H and O–H groups in total. The van der Waals surface area contributed by atoms with Gasteiger partial charge in [0, 0.05) is 35.3 Å². The number of benzene rings is 1. The van der Waals surface area contributed by atoms with Crippen LogP contribution in [0, 0.1) is 0 Å². The van der Waals surface area contributed by atoms with Crippen LogP contribution in [0.4, 0.5) is 11.4 Å². The Bertz CT molecular complexity index is 425. The molecule has 1 aliphatic rings. The van der Waals surface area contributed by atoms with E-state index in [-0.39, 0.29) is 0 Å². The molecule has 2 atom stereocenters. The molecule has 2 rings (SSSR count).